The molecule has 0 unspecified atom stereocenters. The van der Waals surface area contributed by atoms with E-state index < -0.39 is 10.0 Å². The van der Waals surface area contributed by atoms with E-state index in [1.165, 1.54) is 4.31 Å². The van der Waals surface area contributed by atoms with E-state index >= 15 is 0 Å². The molecule has 0 bridgehead atoms. The quantitative estimate of drug-likeness (QED) is 0.914. The van der Waals surface area contributed by atoms with Crippen LogP contribution in [0.5, 0.6) is 0 Å². The highest BCUT2D eigenvalue weighted by Gasteiger charge is 2.23. The van der Waals surface area contributed by atoms with Crippen LogP contribution in [-0.2, 0) is 10.0 Å². The summed E-state index contributed by atoms with van der Waals surface area (Å²) >= 11 is 0. The highest BCUT2D eigenvalue weighted by atomic mass is 32.2. The fourth-order valence-electron chi connectivity index (χ4n) is 2.38. The van der Waals surface area contributed by atoms with E-state index in [1.54, 1.807) is 26.2 Å². The van der Waals surface area contributed by atoms with Crippen LogP contribution in [0.4, 0.5) is 5.69 Å². The number of hydrogen-bond acceptors (Lipinski definition) is 4. The molecule has 112 valence electrons. The first-order valence-corrected chi connectivity index (χ1v) is 8.32. The van der Waals surface area contributed by atoms with Gasteiger partial charge in [-0.25, -0.2) is 12.7 Å². The Kier molecular flexibility index (Phi) is 4.67. The first-order chi connectivity index (χ1) is 9.41. The van der Waals surface area contributed by atoms with E-state index in [9.17, 15) is 8.42 Å². The minimum absolute atomic E-state index is 0.338. The minimum atomic E-state index is -3.41. The average Bonchev–Trinajstić information content (AvgIpc) is 2.41. The molecule has 20 heavy (non-hydrogen) atoms. The van der Waals surface area contributed by atoms with Gasteiger partial charge in [0.2, 0.25) is 10.0 Å². The maximum Gasteiger partial charge on any atom is 0.244 e. The molecule has 0 atom stereocenters. The van der Waals surface area contributed by atoms with Crippen molar-refractivity contribution in [2.75, 3.05) is 39.5 Å². The van der Waals surface area contributed by atoms with Gasteiger partial charge in [0.25, 0.3) is 0 Å². The summed E-state index contributed by atoms with van der Waals surface area (Å²) in [6, 6.07) is 7.47. The fraction of sp³-hybridized carbons (Fsp3) is 0.571. The third kappa shape index (κ3) is 3.31. The van der Waals surface area contributed by atoms with Crippen molar-refractivity contribution in [1.82, 2.24) is 9.21 Å². The van der Waals surface area contributed by atoms with Gasteiger partial charge < -0.3 is 10.2 Å². The van der Waals surface area contributed by atoms with Crippen molar-refractivity contribution in [3.8, 4) is 0 Å². The zero-order valence-electron chi connectivity index (χ0n) is 12.3. The standard InChI is InChI=1S/C14H23N3O2S/c1-16(2)20(18,19)14-7-5-4-6-13(14)15-12-8-10-17(3)11-9-12/h4-7,12,15H,8-11H2,1-3H3. The second-order valence-corrected chi connectivity index (χ2v) is 7.63. The molecule has 0 spiro atoms. The molecule has 1 fully saturated rings. The maximum absolute atomic E-state index is 12.3. The molecule has 1 aromatic rings. The second kappa shape index (κ2) is 6.11. The summed E-state index contributed by atoms with van der Waals surface area (Å²) in [6.07, 6.45) is 2.07. The van der Waals surface area contributed by atoms with E-state index in [-0.39, 0.29) is 0 Å². The topological polar surface area (TPSA) is 52.7 Å². The van der Waals surface area contributed by atoms with Gasteiger partial charge in [-0.1, -0.05) is 12.1 Å². The summed E-state index contributed by atoms with van der Waals surface area (Å²) in [5, 5.41) is 3.40. The van der Waals surface area contributed by atoms with Gasteiger partial charge in [-0.05, 0) is 45.1 Å². The van der Waals surface area contributed by atoms with E-state index in [1.807, 2.05) is 12.1 Å². The smallest absolute Gasteiger partial charge is 0.244 e. The monoisotopic (exact) mass is 297 g/mol. The Labute approximate surface area is 121 Å². The summed E-state index contributed by atoms with van der Waals surface area (Å²) in [5.74, 6) is 0. The SMILES string of the molecule is CN1CCC(Nc2ccccc2S(=O)(=O)N(C)C)CC1. The first kappa shape index (κ1) is 15.3. The van der Waals surface area contributed by atoms with Crippen LogP contribution in [0.15, 0.2) is 29.2 Å². The van der Waals surface area contributed by atoms with Gasteiger partial charge in [-0.2, -0.15) is 0 Å². The summed E-state index contributed by atoms with van der Waals surface area (Å²) in [5.41, 5.74) is 0.704. The number of anilines is 1. The van der Waals surface area contributed by atoms with E-state index in [0.29, 0.717) is 16.6 Å². The van der Waals surface area contributed by atoms with Crippen molar-refractivity contribution < 1.29 is 8.42 Å². The third-order valence-electron chi connectivity index (χ3n) is 3.72. The van der Waals surface area contributed by atoms with Crippen molar-refractivity contribution in [2.45, 2.75) is 23.8 Å². The lowest BCUT2D eigenvalue weighted by atomic mass is 10.1. The number of rotatable bonds is 4. The zero-order chi connectivity index (χ0) is 14.8. The molecule has 0 aromatic heterocycles. The molecule has 1 heterocycles. The molecule has 1 N–H and O–H groups in total. The van der Waals surface area contributed by atoms with Crippen LogP contribution in [0.2, 0.25) is 0 Å². The third-order valence-corrected chi connectivity index (χ3v) is 5.60. The van der Waals surface area contributed by atoms with E-state index in [2.05, 4.69) is 17.3 Å². The van der Waals surface area contributed by atoms with Crippen LogP contribution >= 0.6 is 0 Å². The average molecular weight is 297 g/mol. The second-order valence-electron chi connectivity index (χ2n) is 5.51. The van der Waals surface area contributed by atoms with Gasteiger partial charge in [0.05, 0.1) is 5.69 Å². The van der Waals surface area contributed by atoms with Crippen LogP contribution in [0.1, 0.15) is 12.8 Å². The highest BCUT2D eigenvalue weighted by molar-refractivity contribution is 7.89. The van der Waals surface area contributed by atoms with E-state index in [4.69, 9.17) is 0 Å². The Balaban J connectivity index is 2.21. The van der Waals surface area contributed by atoms with Gasteiger partial charge in [0.1, 0.15) is 4.90 Å². The Hall–Kier alpha value is -1.11. The summed E-state index contributed by atoms with van der Waals surface area (Å²) in [6.45, 7) is 2.08. The molecule has 1 saturated heterocycles. The van der Waals surface area contributed by atoms with Crippen molar-refractivity contribution >= 4 is 15.7 Å². The normalized spacial score (nSPS) is 18.4. The molecule has 0 radical (unpaired) electrons. The number of benzene rings is 1. The number of sulfonamides is 1. The van der Waals surface area contributed by atoms with Gasteiger partial charge >= 0.3 is 0 Å². The number of para-hydroxylation sites is 1. The molecule has 1 aliphatic heterocycles. The lowest BCUT2D eigenvalue weighted by Crippen LogP contribution is -2.37. The Morgan fingerprint density at radius 1 is 1.20 bits per heavy atom. The number of hydrogen-bond donors (Lipinski definition) is 1. The predicted molar refractivity (Wildman–Crippen MR) is 81.5 cm³/mol. The van der Waals surface area contributed by atoms with Crippen LogP contribution in [0.25, 0.3) is 0 Å². The van der Waals surface area contributed by atoms with Gasteiger partial charge in [0, 0.05) is 20.1 Å². The molecule has 0 amide bonds. The van der Waals surface area contributed by atoms with Crippen LogP contribution in [0, 0.1) is 0 Å². The van der Waals surface area contributed by atoms with Crippen molar-refractivity contribution in [1.29, 1.82) is 0 Å². The fourth-order valence-corrected chi connectivity index (χ4v) is 3.43. The van der Waals surface area contributed by atoms with Gasteiger partial charge in [-0.3, -0.25) is 0 Å². The van der Waals surface area contributed by atoms with Gasteiger partial charge in [-0.15, -0.1) is 0 Å². The molecule has 1 aromatic carbocycles. The lowest BCUT2D eigenvalue weighted by molar-refractivity contribution is 0.263. The van der Waals surface area contributed by atoms with Crippen molar-refractivity contribution in [2.24, 2.45) is 0 Å². The molecular formula is C14H23N3O2S. The van der Waals surface area contributed by atoms with Crippen LogP contribution < -0.4 is 5.32 Å². The molecule has 0 saturated carbocycles. The van der Waals surface area contributed by atoms with Crippen LogP contribution in [-0.4, -0.2) is 57.9 Å². The van der Waals surface area contributed by atoms with Crippen LogP contribution in [0.3, 0.4) is 0 Å². The zero-order valence-corrected chi connectivity index (χ0v) is 13.2. The largest absolute Gasteiger partial charge is 0.381 e. The number of nitrogens with one attached hydrogen (secondary N) is 1. The highest BCUT2D eigenvalue weighted by Crippen LogP contribution is 2.25. The molecule has 2 rings (SSSR count). The molecule has 5 nitrogen and oxygen atoms in total. The van der Waals surface area contributed by atoms with E-state index in [0.717, 1.165) is 25.9 Å². The summed E-state index contributed by atoms with van der Waals surface area (Å²) in [7, 11) is 1.82. The van der Waals surface area contributed by atoms with Crippen molar-refractivity contribution in [3.05, 3.63) is 24.3 Å². The predicted octanol–water partition coefficient (Wildman–Crippen LogP) is 1.44. The molecule has 6 heteroatoms. The Bertz CT molecular complexity index is 549. The number of likely N-dealkylation sites (tertiary alicyclic amines) is 1. The summed E-state index contributed by atoms with van der Waals surface area (Å²) < 4.78 is 25.9. The number of piperidine rings is 1. The van der Waals surface area contributed by atoms with Gasteiger partial charge in [0.15, 0.2) is 0 Å². The maximum atomic E-state index is 12.3. The minimum Gasteiger partial charge on any atom is -0.381 e. The van der Waals surface area contributed by atoms with Crippen molar-refractivity contribution in [3.63, 3.8) is 0 Å². The Morgan fingerprint density at radius 3 is 2.40 bits per heavy atom. The molecular weight excluding hydrogens is 274 g/mol. The Morgan fingerprint density at radius 2 is 1.80 bits per heavy atom. The number of nitrogens with zero attached hydrogens (tertiary/aromatic N) is 2. The molecule has 1 aliphatic rings. The lowest BCUT2D eigenvalue weighted by Gasteiger charge is -2.30. The first-order valence-electron chi connectivity index (χ1n) is 6.88. The summed E-state index contributed by atoms with van der Waals surface area (Å²) in [4.78, 5) is 2.64. The molecule has 0 aliphatic carbocycles.